The second-order valence-electron chi connectivity index (χ2n) is 10.1. The zero-order chi connectivity index (χ0) is 23.6. The summed E-state index contributed by atoms with van der Waals surface area (Å²) in [7, 11) is 0. The van der Waals surface area contributed by atoms with Crippen molar-refractivity contribution in [3.63, 3.8) is 0 Å². The molecule has 2 saturated heterocycles. The molecule has 0 aromatic carbocycles. The van der Waals surface area contributed by atoms with Crippen LogP contribution in [-0.4, -0.2) is 68.8 Å². The van der Waals surface area contributed by atoms with E-state index in [0.29, 0.717) is 19.4 Å². The van der Waals surface area contributed by atoms with Gasteiger partial charge in [0.05, 0.1) is 19.8 Å². The molecular weight excluding hydrogens is 416 g/mol. The fraction of sp³-hybridized carbons (Fsp3) is 0.926. The largest absolute Gasteiger partial charge is 0.454 e. The van der Waals surface area contributed by atoms with E-state index >= 15 is 0 Å². The van der Waals surface area contributed by atoms with Crippen molar-refractivity contribution in [1.82, 2.24) is 4.90 Å². The molecule has 2 fully saturated rings. The maximum Gasteiger partial charge on any atom is 0.306 e. The van der Waals surface area contributed by atoms with Crippen molar-refractivity contribution in [3.8, 4) is 0 Å². The normalized spacial score (nSPS) is 18.1. The van der Waals surface area contributed by atoms with E-state index in [2.05, 4.69) is 6.92 Å². The van der Waals surface area contributed by atoms with Gasteiger partial charge >= 0.3 is 5.97 Å². The Morgan fingerprint density at radius 3 is 2.06 bits per heavy atom. The Hall–Kier alpha value is -1.14. The van der Waals surface area contributed by atoms with Crippen molar-refractivity contribution in [2.45, 2.75) is 116 Å². The van der Waals surface area contributed by atoms with Gasteiger partial charge in [-0.25, -0.2) is 0 Å². The van der Waals surface area contributed by atoms with E-state index < -0.39 is 0 Å². The standard InChI is InChI=1S/C27H50N2O4/c1-2-3-4-5-6-7-8-9-10-11-12-13-14-17-27(31)33-25(23-28-19-21-32-22-20-28)24-29-18-15-16-26(29)30/h25H,2-24H2,1H3/p+1/t25-/m1/s1. The number of nitrogens with one attached hydrogen (secondary N) is 1. The van der Waals surface area contributed by atoms with Crippen LogP contribution in [0.15, 0.2) is 0 Å². The molecule has 2 aliphatic rings. The first-order chi connectivity index (χ1) is 16.2. The third-order valence-electron chi connectivity index (χ3n) is 7.09. The van der Waals surface area contributed by atoms with E-state index in [1.807, 2.05) is 4.90 Å². The van der Waals surface area contributed by atoms with Gasteiger partial charge in [0, 0.05) is 19.4 Å². The second kappa shape index (κ2) is 18.2. The lowest BCUT2D eigenvalue weighted by molar-refractivity contribution is -0.910. The number of carbonyl (C=O) groups excluding carboxylic acids is 2. The number of nitrogens with zero attached hydrogens (tertiary/aromatic N) is 1. The average molecular weight is 468 g/mol. The fourth-order valence-electron chi connectivity index (χ4n) is 5.00. The molecular formula is C27H51N2O4+. The van der Waals surface area contributed by atoms with E-state index in [1.165, 1.54) is 75.5 Å². The minimum atomic E-state index is -0.199. The smallest absolute Gasteiger partial charge is 0.306 e. The molecule has 192 valence electrons. The van der Waals surface area contributed by atoms with Crippen LogP contribution in [0.3, 0.4) is 0 Å². The summed E-state index contributed by atoms with van der Waals surface area (Å²) in [5.74, 6) is 0.104. The highest BCUT2D eigenvalue weighted by Crippen LogP contribution is 2.14. The van der Waals surface area contributed by atoms with Gasteiger partial charge in [0.1, 0.15) is 19.6 Å². The summed E-state index contributed by atoms with van der Waals surface area (Å²) in [6.45, 7) is 7.80. The van der Waals surface area contributed by atoms with Crippen LogP contribution in [0.25, 0.3) is 0 Å². The molecule has 0 unspecified atom stereocenters. The highest BCUT2D eigenvalue weighted by Gasteiger charge is 2.29. The van der Waals surface area contributed by atoms with Gasteiger partial charge in [-0.1, -0.05) is 84.0 Å². The summed E-state index contributed by atoms with van der Waals surface area (Å²) < 4.78 is 11.3. The summed E-state index contributed by atoms with van der Waals surface area (Å²) in [6, 6.07) is 0. The van der Waals surface area contributed by atoms with E-state index in [4.69, 9.17) is 9.47 Å². The summed E-state index contributed by atoms with van der Waals surface area (Å²) in [5, 5.41) is 0. The molecule has 6 nitrogen and oxygen atoms in total. The molecule has 0 spiro atoms. The third-order valence-corrected chi connectivity index (χ3v) is 7.09. The molecule has 2 aliphatic heterocycles. The molecule has 2 rings (SSSR count). The highest BCUT2D eigenvalue weighted by atomic mass is 16.5. The average Bonchev–Trinajstić information content (AvgIpc) is 3.21. The van der Waals surface area contributed by atoms with Gasteiger partial charge in [-0.2, -0.15) is 0 Å². The quantitative estimate of drug-likeness (QED) is 0.231. The molecule has 0 aromatic rings. The van der Waals surface area contributed by atoms with Crippen molar-refractivity contribution in [3.05, 3.63) is 0 Å². The van der Waals surface area contributed by atoms with E-state index in [1.54, 1.807) is 0 Å². The first-order valence-corrected chi connectivity index (χ1v) is 14.1. The van der Waals surface area contributed by atoms with Crippen molar-refractivity contribution in [1.29, 1.82) is 0 Å². The lowest BCUT2D eigenvalue weighted by Gasteiger charge is -2.29. The Labute approximate surface area is 202 Å². The van der Waals surface area contributed by atoms with Gasteiger partial charge in [-0.3, -0.25) is 9.59 Å². The Kier molecular flexibility index (Phi) is 15.5. The lowest BCUT2D eigenvalue weighted by atomic mass is 10.0. The van der Waals surface area contributed by atoms with Gasteiger partial charge in [0.2, 0.25) is 5.91 Å². The zero-order valence-corrected chi connectivity index (χ0v) is 21.4. The number of ether oxygens (including phenoxy) is 2. The third kappa shape index (κ3) is 13.4. The number of quaternary nitrogens is 1. The van der Waals surface area contributed by atoms with Gasteiger partial charge in [-0.15, -0.1) is 0 Å². The maximum atomic E-state index is 12.5. The van der Waals surface area contributed by atoms with Gasteiger partial charge in [0.15, 0.2) is 6.10 Å². The van der Waals surface area contributed by atoms with Gasteiger partial charge in [-0.05, 0) is 12.8 Å². The van der Waals surface area contributed by atoms with Crippen molar-refractivity contribution in [2.24, 2.45) is 0 Å². The number of likely N-dealkylation sites (tertiary alicyclic amines) is 1. The van der Waals surface area contributed by atoms with Crippen LogP contribution in [0, 0.1) is 0 Å². The number of unbranched alkanes of at least 4 members (excludes halogenated alkanes) is 12. The molecule has 0 saturated carbocycles. The first-order valence-electron chi connectivity index (χ1n) is 14.1. The van der Waals surface area contributed by atoms with Gasteiger partial charge < -0.3 is 19.3 Å². The van der Waals surface area contributed by atoms with Crippen LogP contribution in [0.2, 0.25) is 0 Å². The first kappa shape index (κ1) is 28.1. The molecule has 0 radical (unpaired) electrons. The number of esters is 1. The number of amides is 1. The SMILES string of the molecule is CCCCCCCCCCCCCCCC(=O)O[C@@H](CN1CCCC1=O)C[NH+]1CCOCC1. The summed E-state index contributed by atoms with van der Waals surface area (Å²) >= 11 is 0. The Morgan fingerprint density at radius 2 is 1.52 bits per heavy atom. The number of hydrogen-bond donors (Lipinski definition) is 1. The van der Waals surface area contributed by atoms with Crippen LogP contribution in [0.1, 0.15) is 110 Å². The summed E-state index contributed by atoms with van der Waals surface area (Å²) in [5.41, 5.74) is 0. The number of carbonyl (C=O) groups is 2. The summed E-state index contributed by atoms with van der Waals surface area (Å²) in [4.78, 5) is 27.8. The van der Waals surface area contributed by atoms with Gasteiger partial charge in [0.25, 0.3) is 0 Å². The van der Waals surface area contributed by atoms with Crippen LogP contribution < -0.4 is 4.90 Å². The van der Waals surface area contributed by atoms with Crippen molar-refractivity contribution in [2.75, 3.05) is 45.9 Å². The van der Waals surface area contributed by atoms with Crippen molar-refractivity contribution >= 4 is 11.9 Å². The zero-order valence-electron chi connectivity index (χ0n) is 21.4. The van der Waals surface area contributed by atoms with Crippen LogP contribution >= 0.6 is 0 Å². The van der Waals surface area contributed by atoms with Crippen LogP contribution in [0.5, 0.6) is 0 Å². The molecule has 1 atom stereocenters. The molecule has 0 bridgehead atoms. The second-order valence-corrected chi connectivity index (χ2v) is 10.1. The Morgan fingerprint density at radius 1 is 0.939 bits per heavy atom. The van der Waals surface area contributed by atoms with E-state index in [9.17, 15) is 9.59 Å². The summed E-state index contributed by atoms with van der Waals surface area (Å²) in [6.07, 6.45) is 18.8. The molecule has 2 heterocycles. The number of morpholine rings is 1. The number of hydrogen-bond acceptors (Lipinski definition) is 4. The Bertz CT molecular complexity index is 522. The molecule has 33 heavy (non-hydrogen) atoms. The molecule has 6 heteroatoms. The Balaban J connectivity index is 1.52. The molecule has 0 aliphatic carbocycles. The number of rotatable bonds is 19. The highest BCUT2D eigenvalue weighted by molar-refractivity contribution is 5.78. The minimum Gasteiger partial charge on any atom is -0.454 e. The minimum absolute atomic E-state index is 0.0950. The maximum absolute atomic E-state index is 12.5. The monoisotopic (exact) mass is 467 g/mol. The van der Waals surface area contributed by atoms with Crippen LogP contribution in [-0.2, 0) is 19.1 Å². The van der Waals surface area contributed by atoms with Crippen molar-refractivity contribution < 1.29 is 24.0 Å². The fourth-order valence-corrected chi connectivity index (χ4v) is 5.00. The van der Waals surface area contributed by atoms with Crippen LogP contribution in [0.4, 0.5) is 0 Å². The van der Waals surface area contributed by atoms with E-state index in [0.717, 1.165) is 58.7 Å². The molecule has 0 aromatic heterocycles. The molecule has 1 amide bonds. The predicted molar refractivity (Wildman–Crippen MR) is 132 cm³/mol. The topological polar surface area (TPSA) is 60.3 Å². The lowest BCUT2D eigenvalue weighted by Crippen LogP contribution is -3.15. The molecule has 1 N–H and O–H groups in total. The van der Waals surface area contributed by atoms with E-state index in [-0.39, 0.29) is 18.0 Å². The predicted octanol–water partition coefficient (Wildman–Crippen LogP) is 3.92.